The van der Waals surface area contributed by atoms with E-state index in [0.717, 1.165) is 12.1 Å². The van der Waals surface area contributed by atoms with Crippen molar-refractivity contribution in [2.75, 3.05) is 11.9 Å². The van der Waals surface area contributed by atoms with Crippen LogP contribution in [0, 0.1) is 0 Å². The van der Waals surface area contributed by atoms with E-state index in [4.69, 9.17) is 4.74 Å². The first kappa shape index (κ1) is 19.0. The summed E-state index contributed by atoms with van der Waals surface area (Å²) in [6, 6.07) is 7.88. The Morgan fingerprint density at radius 1 is 1.13 bits per heavy atom. The zero-order valence-electron chi connectivity index (χ0n) is 14.6. The Kier molecular flexibility index (Phi) is 7.59. The minimum Gasteiger partial charge on any atom is -0.444 e. The molecule has 0 aromatic heterocycles. The Hall–Kier alpha value is -2.04. The minimum absolute atomic E-state index is 0.137. The standard InChI is InChI=1S/C18H28N2O3/c1-5-6-7-14-8-10-15(11-9-14)20-16(21)12-13-19-17(22)23-18(2,3)4/h8-11H,5-7,12-13H2,1-4H3,(H,19,22)(H,20,21). The maximum Gasteiger partial charge on any atom is 0.407 e. The minimum atomic E-state index is -0.536. The van der Waals surface area contributed by atoms with Crippen LogP contribution in [0.25, 0.3) is 0 Å². The van der Waals surface area contributed by atoms with Crippen LogP contribution >= 0.6 is 0 Å². The van der Waals surface area contributed by atoms with Gasteiger partial charge in [-0.2, -0.15) is 0 Å². The van der Waals surface area contributed by atoms with Crippen LogP contribution in [0.4, 0.5) is 10.5 Å². The van der Waals surface area contributed by atoms with E-state index in [1.807, 2.05) is 24.3 Å². The molecule has 0 aliphatic rings. The quantitative estimate of drug-likeness (QED) is 0.801. The van der Waals surface area contributed by atoms with Gasteiger partial charge < -0.3 is 15.4 Å². The third-order valence-corrected chi connectivity index (χ3v) is 3.08. The van der Waals surface area contributed by atoms with Crippen LogP contribution in [-0.4, -0.2) is 24.1 Å². The Labute approximate surface area is 138 Å². The molecule has 0 atom stereocenters. The zero-order chi connectivity index (χ0) is 17.3. The number of nitrogens with one attached hydrogen (secondary N) is 2. The average Bonchev–Trinajstić information content (AvgIpc) is 2.44. The maximum atomic E-state index is 11.8. The fraction of sp³-hybridized carbons (Fsp3) is 0.556. The normalized spacial score (nSPS) is 11.0. The highest BCUT2D eigenvalue weighted by atomic mass is 16.6. The number of ether oxygens (including phenoxy) is 1. The highest BCUT2D eigenvalue weighted by Gasteiger charge is 2.15. The van der Waals surface area contributed by atoms with Gasteiger partial charge in [-0.3, -0.25) is 4.79 Å². The predicted molar refractivity (Wildman–Crippen MR) is 92.5 cm³/mol. The van der Waals surface area contributed by atoms with E-state index in [1.54, 1.807) is 20.8 Å². The molecule has 5 nitrogen and oxygen atoms in total. The first-order valence-corrected chi connectivity index (χ1v) is 8.16. The number of alkyl carbamates (subject to hydrolysis) is 1. The second-order valence-electron chi connectivity index (χ2n) is 6.53. The first-order chi connectivity index (χ1) is 10.8. The third kappa shape index (κ3) is 8.86. The van der Waals surface area contributed by atoms with Crippen molar-refractivity contribution in [1.82, 2.24) is 5.32 Å². The van der Waals surface area contributed by atoms with E-state index in [9.17, 15) is 9.59 Å². The molecule has 2 amide bonds. The molecule has 0 radical (unpaired) electrons. The summed E-state index contributed by atoms with van der Waals surface area (Å²) in [5.74, 6) is -0.137. The van der Waals surface area contributed by atoms with Gasteiger partial charge in [-0.15, -0.1) is 0 Å². The fourth-order valence-corrected chi connectivity index (χ4v) is 1.95. The summed E-state index contributed by atoms with van der Waals surface area (Å²) in [4.78, 5) is 23.3. The van der Waals surface area contributed by atoms with Crippen molar-refractivity contribution in [2.45, 2.75) is 59.0 Å². The molecule has 0 heterocycles. The fourth-order valence-electron chi connectivity index (χ4n) is 1.95. The Balaban J connectivity index is 2.29. The molecule has 0 aliphatic heterocycles. The van der Waals surface area contributed by atoms with Gasteiger partial charge in [0.15, 0.2) is 0 Å². The van der Waals surface area contributed by atoms with E-state index in [2.05, 4.69) is 17.6 Å². The van der Waals surface area contributed by atoms with Gasteiger partial charge in [0.1, 0.15) is 5.60 Å². The van der Waals surface area contributed by atoms with Crippen molar-refractivity contribution in [3.05, 3.63) is 29.8 Å². The van der Waals surface area contributed by atoms with Gasteiger partial charge in [0.25, 0.3) is 0 Å². The summed E-state index contributed by atoms with van der Waals surface area (Å²) in [5.41, 5.74) is 1.51. The molecule has 0 unspecified atom stereocenters. The summed E-state index contributed by atoms with van der Waals surface area (Å²) >= 11 is 0. The summed E-state index contributed by atoms with van der Waals surface area (Å²) in [7, 11) is 0. The number of anilines is 1. The van der Waals surface area contributed by atoms with Crippen LogP contribution in [0.5, 0.6) is 0 Å². The lowest BCUT2D eigenvalue weighted by atomic mass is 10.1. The van der Waals surface area contributed by atoms with Crippen LogP contribution in [0.1, 0.15) is 52.5 Å². The average molecular weight is 320 g/mol. The highest BCUT2D eigenvalue weighted by Crippen LogP contribution is 2.12. The summed E-state index contributed by atoms with van der Waals surface area (Å²) < 4.78 is 5.10. The molecule has 0 bridgehead atoms. The molecule has 1 aromatic rings. The molecule has 5 heteroatoms. The van der Waals surface area contributed by atoms with Gasteiger partial charge in [-0.1, -0.05) is 25.5 Å². The number of rotatable bonds is 7. The van der Waals surface area contributed by atoms with Crippen molar-refractivity contribution in [3.8, 4) is 0 Å². The first-order valence-electron chi connectivity index (χ1n) is 8.16. The van der Waals surface area contributed by atoms with Crippen molar-refractivity contribution >= 4 is 17.7 Å². The van der Waals surface area contributed by atoms with Crippen molar-refractivity contribution in [2.24, 2.45) is 0 Å². The van der Waals surface area contributed by atoms with Crippen molar-refractivity contribution in [1.29, 1.82) is 0 Å². The number of benzene rings is 1. The smallest absolute Gasteiger partial charge is 0.407 e. The van der Waals surface area contributed by atoms with Crippen LogP contribution in [0.2, 0.25) is 0 Å². The molecule has 0 saturated heterocycles. The second kappa shape index (κ2) is 9.18. The van der Waals surface area contributed by atoms with Crippen molar-refractivity contribution in [3.63, 3.8) is 0 Å². The van der Waals surface area contributed by atoms with Crippen LogP contribution in [-0.2, 0) is 16.0 Å². The van der Waals surface area contributed by atoms with Gasteiger partial charge in [0.2, 0.25) is 5.91 Å². The lowest BCUT2D eigenvalue weighted by Crippen LogP contribution is -2.34. The molecule has 0 saturated carbocycles. The lowest BCUT2D eigenvalue weighted by molar-refractivity contribution is -0.116. The third-order valence-electron chi connectivity index (χ3n) is 3.08. The molecule has 0 fully saturated rings. The number of unbranched alkanes of at least 4 members (excludes halogenated alkanes) is 1. The molecule has 128 valence electrons. The number of carbonyl (C=O) groups excluding carboxylic acids is 2. The zero-order valence-corrected chi connectivity index (χ0v) is 14.6. The van der Waals surface area contributed by atoms with E-state index in [-0.39, 0.29) is 18.9 Å². The number of amides is 2. The van der Waals surface area contributed by atoms with E-state index in [1.165, 1.54) is 18.4 Å². The van der Waals surface area contributed by atoms with Crippen LogP contribution in [0.15, 0.2) is 24.3 Å². The molecule has 23 heavy (non-hydrogen) atoms. The van der Waals surface area contributed by atoms with Gasteiger partial charge in [-0.25, -0.2) is 4.79 Å². The maximum absolute atomic E-state index is 11.8. The van der Waals surface area contributed by atoms with E-state index < -0.39 is 11.7 Å². The summed E-state index contributed by atoms with van der Waals surface area (Å²) in [6.07, 6.45) is 3.09. The highest BCUT2D eigenvalue weighted by molar-refractivity contribution is 5.91. The number of aryl methyl sites for hydroxylation is 1. The SMILES string of the molecule is CCCCc1ccc(NC(=O)CCNC(=O)OC(C)(C)C)cc1. The number of carbonyl (C=O) groups is 2. The Morgan fingerprint density at radius 2 is 1.78 bits per heavy atom. The molecule has 1 aromatic carbocycles. The van der Waals surface area contributed by atoms with Crippen LogP contribution in [0.3, 0.4) is 0 Å². The molecule has 1 rings (SSSR count). The van der Waals surface area contributed by atoms with Gasteiger partial charge in [-0.05, 0) is 51.3 Å². The second-order valence-corrected chi connectivity index (χ2v) is 6.53. The number of hydrogen-bond acceptors (Lipinski definition) is 3. The molecule has 0 spiro atoms. The Morgan fingerprint density at radius 3 is 2.35 bits per heavy atom. The molecular weight excluding hydrogens is 292 g/mol. The summed E-state index contributed by atoms with van der Waals surface area (Å²) in [5, 5.41) is 5.38. The largest absolute Gasteiger partial charge is 0.444 e. The predicted octanol–water partition coefficient (Wildman–Crippen LogP) is 3.88. The van der Waals surface area contributed by atoms with Gasteiger partial charge in [0, 0.05) is 18.7 Å². The molecule has 0 aliphatic carbocycles. The van der Waals surface area contributed by atoms with Gasteiger partial charge >= 0.3 is 6.09 Å². The molecule has 2 N–H and O–H groups in total. The van der Waals surface area contributed by atoms with E-state index >= 15 is 0 Å². The van der Waals surface area contributed by atoms with Gasteiger partial charge in [0.05, 0.1) is 0 Å². The molecular formula is C18H28N2O3. The summed E-state index contributed by atoms with van der Waals surface area (Å²) in [6.45, 7) is 7.80. The van der Waals surface area contributed by atoms with Crippen molar-refractivity contribution < 1.29 is 14.3 Å². The lowest BCUT2D eigenvalue weighted by Gasteiger charge is -2.19. The van der Waals surface area contributed by atoms with E-state index in [0.29, 0.717) is 0 Å². The monoisotopic (exact) mass is 320 g/mol. The van der Waals surface area contributed by atoms with Crippen LogP contribution < -0.4 is 10.6 Å². The number of hydrogen-bond donors (Lipinski definition) is 2. The topological polar surface area (TPSA) is 67.4 Å². The Bertz CT molecular complexity index is 504.